The number of nitrogens with one attached hydrogen (secondary N) is 1. The summed E-state index contributed by atoms with van der Waals surface area (Å²) in [5.74, 6) is -0.265. The molecule has 0 saturated carbocycles. The van der Waals surface area contributed by atoms with E-state index in [-0.39, 0.29) is 24.3 Å². The van der Waals surface area contributed by atoms with E-state index in [0.717, 1.165) is 22.4 Å². The number of hydrogen-bond acceptors (Lipinski definition) is 5. The third kappa shape index (κ3) is 4.32. The van der Waals surface area contributed by atoms with Crippen molar-refractivity contribution in [2.45, 2.75) is 24.3 Å². The van der Waals surface area contributed by atoms with E-state index in [0.29, 0.717) is 5.13 Å². The second-order valence-corrected chi connectivity index (χ2v) is 8.64. The van der Waals surface area contributed by atoms with E-state index in [4.69, 9.17) is 0 Å². The molecule has 2 amide bonds. The summed E-state index contributed by atoms with van der Waals surface area (Å²) in [4.78, 5) is 32.2. The second-order valence-electron chi connectivity index (χ2n) is 6.91. The van der Waals surface area contributed by atoms with Gasteiger partial charge in [0.25, 0.3) is 0 Å². The maximum absolute atomic E-state index is 12.8. The van der Waals surface area contributed by atoms with Crippen molar-refractivity contribution < 1.29 is 9.59 Å². The molecule has 7 heteroatoms. The predicted octanol–water partition coefficient (Wildman–Crippen LogP) is 5.43. The fourth-order valence-corrected chi connectivity index (χ4v) is 4.63. The zero-order valence-corrected chi connectivity index (χ0v) is 18.3. The molecule has 1 aliphatic heterocycles. The zero-order chi connectivity index (χ0) is 21.1. The summed E-state index contributed by atoms with van der Waals surface area (Å²) in [6.45, 7) is 1.51. The number of thiazole rings is 1. The summed E-state index contributed by atoms with van der Waals surface area (Å²) in [6.07, 6.45) is 5.86. The lowest BCUT2D eigenvalue weighted by atomic mass is 9.93. The summed E-state index contributed by atoms with van der Waals surface area (Å²) in [7, 11) is 0. The summed E-state index contributed by atoms with van der Waals surface area (Å²) in [6, 6.07) is 15.7. The Morgan fingerprint density at radius 1 is 1.17 bits per heavy atom. The third-order valence-corrected chi connectivity index (χ3v) is 6.49. The van der Waals surface area contributed by atoms with Gasteiger partial charge in [0.15, 0.2) is 5.13 Å². The number of amides is 2. The smallest absolute Gasteiger partial charge is 0.228 e. The average molecular weight is 436 g/mol. The first-order valence-corrected chi connectivity index (χ1v) is 11.6. The highest BCUT2D eigenvalue weighted by molar-refractivity contribution is 7.98. The third-order valence-electron chi connectivity index (χ3n) is 4.98. The Labute approximate surface area is 183 Å². The number of thioether (sulfide) groups is 1. The van der Waals surface area contributed by atoms with Gasteiger partial charge in [-0.3, -0.25) is 9.59 Å². The molecule has 0 saturated heterocycles. The lowest BCUT2D eigenvalue weighted by Gasteiger charge is -2.32. The molecule has 1 atom stereocenters. The molecular formula is C23H21N3O2S2. The minimum absolute atomic E-state index is 0.0937. The number of anilines is 1. The number of benzene rings is 2. The first-order valence-electron chi connectivity index (χ1n) is 9.51. The van der Waals surface area contributed by atoms with Crippen LogP contribution < -0.4 is 5.32 Å². The number of carbonyl (C=O) groups excluding carboxylic acids is 2. The maximum Gasteiger partial charge on any atom is 0.228 e. The van der Waals surface area contributed by atoms with Crippen molar-refractivity contribution in [3.8, 4) is 11.3 Å². The van der Waals surface area contributed by atoms with Crippen LogP contribution in [0, 0.1) is 0 Å². The van der Waals surface area contributed by atoms with Crippen LogP contribution in [0.2, 0.25) is 0 Å². The summed E-state index contributed by atoms with van der Waals surface area (Å²) >= 11 is 3.09. The molecule has 2 aromatic carbocycles. The highest BCUT2D eigenvalue weighted by Gasteiger charge is 2.28. The molecule has 30 heavy (non-hydrogen) atoms. The van der Waals surface area contributed by atoms with Crippen LogP contribution in [0.5, 0.6) is 0 Å². The zero-order valence-electron chi connectivity index (χ0n) is 16.7. The Bertz CT molecular complexity index is 1110. The molecule has 0 bridgehead atoms. The maximum atomic E-state index is 12.8. The predicted molar refractivity (Wildman–Crippen MR) is 123 cm³/mol. The second kappa shape index (κ2) is 8.85. The van der Waals surface area contributed by atoms with Crippen LogP contribution in [0.3, 0.4) is 0 Å². The fourth-order valence-electron chi connectivity index (χ4n) is 3.48. The van der Waals surface area contributed by atoms with Crippen LogP contribution >= 0.6 is 23.1 Å². The largest absolute Gasteiger partial charge is 0.311 e. The molecule has 0 fully saturated rings. The molecule has 5 nitrogen and oxygen atoms in total. The topological polar surface area (TPSA) is 62.3 Å². The molecular weight excluding hydrogens is 414 g/mol. The minimum Gasteiger partial charge on any atom is -0.311 e. The monoisotopic (exact) mass is 435 g/mol. The first kappa shape index (κ1) is 20.4. The van der Waals surface area contributed by atoms with Crippen LogP contribution in [0.15, 0.2) is 65.0 Å². The molecule has 2 heterocycles. The van der Waals surface area contributed by atoms with Crippen molar-refractivity contribution in [3.63, 3.8) is 0 Å². The van der Waals surface area contributed by atoms with Gasteiger partial charge in [0.1, 0.15) is 0 Å². The van der Waals surface area contributed by atoms with Gasteiger partial charge in [-0.2, -0.15) is 0 Å². The van der Waals surface area contributed by atoms with E-state index in [1.54, 1.807) is 22.9 Å². The first-order chi connectivity index (χ1) is 14.5. The molecule has 0 spiro atoms. The molecule has 1 aliphatic rings. The average Bonchev–Trinajstić information content (AvgIpc) is 3.22. The number of carbonyl (C=O) groups is 2. The molecule has 152 valence electrons. The lowest BCUT2D eigenvalue weighted by molar-refractivity contribution is -0.129. The molecule has 1 aromatic heterocycles. The SMILES string of the molecule is CSc1ccc(-c2csc(NC(=O)CC3c4ccccc4C=CN3C(C)=O)n2)cc1. The van der Waals surface area contributed by atoms with Gasteiger partial charge < -0.3 is 10.2 Å². The Morgan fingerprint density at radius 3 is 2.67 bits per heavy atom. The number of aromatic nitrogens is 1. The van der Waals surface area contributed by atoms with Crippen molar-refractivity contribution in [2.24, 2.45) is 0 Å². The number of hydrogen-bond donors (Lipinski definition) is 1. The quantitative estimate of drug-likeness (QED) is 0.543. The van der Waals surface area contributed by atoms with Gasteiger partial charge >= 0.3 is 0 Å². The van der Waals surface area contributed by atoms with Crippen LogP contribution in [0.25, 0.3) is 17.3 Å². The number of rotatable bonds is 5. The van der Waals surface area contributed by atoms with Gasteiger partial charge in [0.05, 0.1) is 18.2 Å². The van der Waals surface area contributed by atoms with Gasteiger partial charge in [-0.05, 0) is 35.6 Å². The van der Waals surface area contributed by atoms with E-state index >= 15 is 0 Å². The van der Waals surface area contributed by atoms with E-state index < -0.39 is 0 Å². The standard InChI is InChI=1S/C23H21N3O2S2/c1-15(27)26-12-11-16-5-3-4-6-19(16)21(26)13-22(28)25-23-24-20(14-30-23)17-7-9-18(29-2)10-8-17/h3-12,14,21H,13H2,1-2H3,(H,24,25,28). The summed E-state index contributed by atoms with van der Waals surface area (Å²) < 4.78 is 0. The van der Waals surface area contributed by atoms with Gasteiger partial charge in [-0.15, -0.1) is 23.1 Å². The minimum atomic E-state index is -0.331. The molecule has 1 unspecified atom stereocenters. The van der Waals surface area contributed by atoms with E-state index in [1.807, 2.05) is 54.1 Å². The van der Waals surface area contributed by atoms with Gasteiger partial charge in [0.2, 0.25) is 11.8 Å². The van der Waals surface area contributed by atoms with Gasteiger partial charge in [0, 0.05) is 29.0 Å². The van der Waals surface area contributed by atoms with E-state index in [2.05, 4.69) is 22.4 Å². The van der Waals surface area contributed by atoms with Gasteiger partial charge in [-0.25, -0.2) is 4.98 Å². The van der Waals surface area contributed by atoms with Gasteiger partial charge in [-0.1, -0.05) is 36.4 Å². The molecule has 0 aliphatic carbocycles. The van der Waals surface area contributed by atoms with Crippen molar-refractivity contribution in [2.75, 3.05) is 11.6 Å². The fraction of sp³-hybridized carbons (Fsp3) is 0.174. The Morgan fingerprint density at radius 2 is 1.93 bits per heavy atom. The number of nitrogens with zero attached hydrogens (tertiary/aromatic N) is 2. The molecule has 1 N–H and O–H groups in total. The highest BCUT2D eigenvalue weighted by atomic mass is 32.2. The Kier molecular flexibility index (Phi) is 6.01. The van der Waals surface area contributed by atoms with Crippen molar-refractivity contribution in [1.82, 2.24) is 9.88 Å². The Balaban J connectivity index is 1.48. The van der Waals surface area contributed by atoms with Crippen LogP contribution in [0.1, 0.15) is 30.5 Å². The molecule has 0 radical (unpaired) electrons. The van der Waals surface area contributed by atoms with Crippen molar-refractivity contribution in [3.05, 3.63) is 71.2 Å². The normalized spacial score (nSPS) is 15.0. The van der Waals surface area contributed by atoms with Crippen LogP contribution in [0.4, 0.5) is 5.13 Å². The highest BCUT2D eigenvalue weighted by Crippen LogP contribution is 2.33. The van der Waals surface area contributed by atoms with Crippen molar-refractivity contribution in [1.29, 1.82) is 0 Å². The van der Waals surface area contributed by atoms with E-state index in [9.17, 15) is 9.59 Å². The van der Waals surface area contributed by atoms with Crippen molar-refractivity contribution >= 4 is 46.1 Å². The van der Waals surface area contributed by atoms with E-state index in [1.165, 1.54) is 23.2 Å². The lowest BCUT2D eigenvalue weighted by Crippen LogP contribution is -2.33. The summed E-state index contributed by atoms with van der Waals surface area (Å²) in [5, 5.41) is 5.38. The summed E-state index contributed by atoms with van der Waals surface area (Å²) in [5.41, 5.74) is 3.84. The molecule has 4 rings (SSSR count). The van der Waals surface area contributed by atoms with Crippen LogP contribution in [-0.4, -0.2) is 28.0 Å². The van der Waals surface area contributed by atoms with Crippen LogP contribution in [-0.2, 0) is 9.59 Å². The molecule has 3 aromatic rings. The number of fused-ring (bicyclic) bond motifs is 1. The Hall–Kier alpha value is -2.90.